The standard InChI is InChI=1S/C29H42O11/c1-5-33-25(31)18-13-9-11-15-28(18)37-21-20(16-35-24(30)17(3)4)36-27-23(22(21)38-28)39-29(40-27)14-10-7-8-12-19(29)26(32)34-6-2/h18-23,27H,3,5-16H2,1-2,4H3/t18?,19?,20?,21?,22?,23-,27?,28?,29?/m1/s1. The molecule has 2 aliphatic carbocycles. The smallest absolute Gasteiger partial charge is 0.333 e. The Morgan fingerprint density at radius 2 is 1.30 bits per heavy atom. The minimum Gasteiger partial charge on any atom is -0.466 e. The molecule has 3 aliphatic heterocycles. The van der Waals surface area contributed by atoms with Crippen molar-refractivity contribution in [1.29, 1.82) is 0 Å². The van der Waals surface area contributed by atoms with Gasteiger partial charge in [-0.3, -0.25) is 9.59 Å². The molecule has 2 saturated carbocycles. The van der Waals surface area contributed by atoms with Gasteiger partial charge in [0.2, 0.25) is 0 Å². The molecule has 3 heterocycles. The van der Waals surface area contributed by atoms with Crippen LogP contribution >= 0.6 is 0 Å². The van der Waals surface area contributed by atoms with E-state index in [4.69, 9.17) is 37.9 Å². The SMILES string of the molecule is C=C(C)C(=O)OCC1OC2OC3(CCCCCC3C(=O)OCC)O[C@@H]2C2OC3(CCCCC3C(=O)OCC)OC12. The Balaban J connectivity index is 1.46. The lowest BCUT2D eigenvalue weighted by Crippen LogP contribution is -2.56. The van der Waals surface area contributed by atoms with Crippen molar-refractivity contribution in [2.75, 3.05) is 19.8 Å². The van der Waals surface area contributed by atoms with E-state index in [-0.39, 0.29) is 37.3 Å². The first-order valence-corrected chi connectivity index (χ1v) is 14.8. The molecule has 5 fully saturated rings. The fraction of sp³-hybridized carbons (Fsp3) is 0.828. The predicted molar refractivity (Wildman–Crippen MR) is 137 cm³/mol. The Labute approximate surface area is 235 Å². The zero-order valence-corrected chi connectivity index (χ0v) is 23.7. The highest BCUT2D eigenvalue weighted by atomic mass is 16.9. The highest BCUT2D eigenvalue weighted by Gasteiger charge is 2.68. The van der Waals surface area contributed by atoms with Gasteiger partial charge in [-0.15, -0.1) is 0 Å². The van der Waals surface area contributed by atoms with Gasteiger partial charge in [0.15, 0.2) is 17.9 Å². The summed E-state index contributed by atoms with van der Waals surface area (Å²) in [7, 11) is 0. The maximum absolute atomic E-state index is 13.1. The van der Waals surface area contributed by atoms with Crippen LogP contribution in [0.5, 0.6) is 0 Å². The molecule has 0 bridgehead atoms. The quantitative estimate of drug-likeness (QED) is 0.256. The summed E-state index contributed by atoms with van der Waals surface area (Å²) in [5, 5.41) is 0. The topological polar surface area (TPSA) is 125 Å². The molecule has 5 aliphatic rings. The number of ether oxygens (including phenoxy) is 8. The molecule has 3 saturated heterocycles. The number of fused-ring (bicyclic) bond motifs is 3. The second-order valence-corrected chi connectivity index (χ2v) is 11.4. The van der Waals surface area contributed by atoms with Crippen LogP contribution in [-0.4, -0.2) is 80.0 Å². The van der Waals surface area contributed by atoms with Crippen LogP contribution < -0.4 is 0 Å². The van der Waals surface area contributed by atoms with E-state index >= 15 is 0 Å². The van der Waals surface area contributed by atoms with Gasteiger partial charge in [-0.05, 0) is 46.5 Å². The third-order valence-corrected chi connectivity index (χ3v) is 8.63. The van der Waals surface area contributed by atoms with Gasteiger partial charge in [-0.25, -0.2) is 4.79 Å². The zero-order chi connectivity index (χ0) is 28.5. The third-order valence-electron chi connectivity index (χ3n) is 8.63. The summed E-state index contributed by atoms with van der Waals surface area (Å²) in [6, 6.07) is 0. The van der Waals surface area contributed by atoms with Crippen LogP contribution in [0.2, 0.25) is 0 Å². The van der Waals surface area contributed by atoms with Crippen LogP contribution in [0.25, 0.3) is 0 Å². The summed E-state index contributed by atoms with van der Waals surface area (Å²) in [6.07, 6.45) is 2.61. The van der Waals surface area contributed by atoms with Crippen LogP contribution in [0.3, 0.4) is 0 Å². The van der Waals surface area contributed by atoms with Gasteiger partial charge in [-0.1, -0.05) is 25.8 Å². The second kappa shape index (κ2) is 12.1. The number of carbonyl (C=O) groups is 3. The zero-order valence-electron chi connectivity index (χ0n) is 23.7. The summed E-state index contributed by atoms with van der Waals surface area (Å²) in [4.78, 5) is 38.4. The Hall–Kier alpha value is -2.05. The molecule has 0 amide bonds. The second-order valence-electron chi connectivity index (χ2n) is 11.4. The molecule has 8 unspecified atom stereocenters. The summed E-state index contributed by atoms with van der Waals surface area (Å²) in [5.74, 6) is -4.98. The maximum Gasteiger partial charge on any atom is 0.333 e. The van der Waals surface area contributed by atoms with Crippen LogP contribution in [0.4, 0.5) is 0 Å². The summed E-state index contributed by atoms with van der Waals surface area (Å²) >= 11 is 0. The lowest BCUT2D eigenvalue weighted by molar-refractivity contribution is -0.268. The largest absolute Gasteiger partial charge is 0.466 e. The molecule has 11 heteroatoms. The molecule has 0 aromatic rings. The fourth-order valence-electron chi connectivity index (χ4n) is 6.78. The van der Waals surface area contributed by atoms with Crippen molar-refractivity contribution in [2.45, 2.75) is 121 Å². The number of rotatable bonds is 7. The number of esters is 3. The van der Waals surface area contributed by atoms with Gasteiger partial charge >= 0.3 is 17.9 Å². The fourth-order valence-corrected chi connectivity index (χ4v) is 6.78. The minimum absolute atomic E-state index is 0.128. The van der Waals surface area contributed by atoms with E-state index in [1.54, 1.807) is 20.8 Å². The molecule has 5 rings (SSSR count). The van der Waals surface area contributed by atoms with Crippen LogP contribution in [0, 0.1) is 11.8 Å². The van der Waals surface area contributed by atoms with Gasteiger partial charge in [0.1, 0.15) is 42.9 Å². The minimum atomic E-state index is -1.24. The van der Waals surface area contributed by atoms with E-state index < -0.39 is 60.1 Å². The Morgan fingerprint density at radius 1 is 0.750 bits per heavy atom. The van der Waals surface area contributed by atoms with Crippen molar-refractivity contribution < 1.29 is 52.3 Å². The summed E-state index contributed by atoms with van der Waals surface area (Å²) in [6.45, 7) is 9.13. The molecule has 11 nitrogen and oxygen atoms in total. The van der Waals surface area contributed by atoms with Gasteiger partial charge in [-0.2, -0.15) is 0 Å². The van der Waals surface area contributed by atoms with E-state index in [0.717, 1.165) is 32.1 Å². The molecule has 9 atom stereocenters. The van der Waals surface area contributed by atoms with Crippen LogP contribution in [0.15, 0.2) is 12.2 Å². The Bertz CT molecular complexity index is 983. The Morgan fingerprint density at radius 3 is 1.93 bits per heavy atom. The normalized spacial score (nSPS) is 40.6. The van der Waals surface area contributed by atoms with Gasteiger partial charge in [0.25, 0.3) is 0 Å². The highest BCUT2D eigenvalue weighted by Crippen LogP contribution is 2.53. The molecular formula is C29H42O11. The van der Waals surface area contributed by atoms with E-state index in [9.17, 15) is 14.4 Å². The maximum atomic E-state index is 13.1. The molecule has 0 radical (unpaired) electrons. The molecule has 0 N–H and O–H groups in total. The van der Waals surface area contributed by atoms with Gasteiger partial charge < -0.3 is 37.9 Å². The van der Waals surface area contributed by atoms with E-state index in [0.29, 0.717) is 25.7 Å². The molecule has 0 aromatic heterocycles. The molecule has 2 spiro atoms. The van der Waals surface area contributed by atoms with Crippen molar-refractivity contribution in [3.05, 3.63) is 12.2 Å². The number of carbonyl (C=O) groups excluding carboxylic acids is 3. The van der Waals surface area contributed by atoms with Crippen LogP contribution in [0.1, 0.15) is 78.6 Å². The summed E-state index contributed by atoms with van der Waals surface area (Å²) < 4.78 is 49.1. The summed E-state index contributed by atoms with van der Waals surface area (Å²) in [5.41, 5.74) is 0.259. The molecule has 0 aromatic carbocycles. The lowest BCUT2D eigenvalue weighted by Gasteiger charge is -2.38. The van der Waals surface area contributed by atoms with Crippen LogP contribution in [-0.2, 0) is 52.3 Å². The monoisotopic (exact) mass is 566 g/mol. The highest BCUT2D eigenvalue weighted by molar-refractivity contribution is 5.86. The first kappa shape index (κ1) is 29.4. The van der Waals surface area contributed by atoms with E-state index in [2.05, 4.69) is 6.58 Å². The van der Waals surface area contributed by atoms with Gasteiger partial charge in [0.05, 0.1) is 13.2 Å². The number of hydrogen-bond acceptors (Lipinski definition) is 11. The van der Waals surface area contributed by atoms with E-state index in [1.165, 1.54) is 0 Å². The van der Waals surface area contributed by atoms with E-state index in [1.807, 2.05) is 0 Å². The number of hydrogen-bond donors (Lipinski definition) is 0. The Kier molecular flexibility index (Phi) is 8.87. The predicted octanol–water partition coefficient (Wildman–Crippen LogP) is 3.32. The molecule has 224 valence electrons. The first-order valence-electron chi connectivity index (χ1n) is 14.8. The van der Waals surface area contributed by atoms with Crippen molar-refractivity contribution in [3.63, 3.8) is 0 Å². The lowest BCUT2D eigenvalue weighted by atomic mass is 9.83. The molecular weight excluding hydrogens is 524 g/mol. The average Bonchev–Trinajstić information content (AvgIpc) is 3.40. The first-order chi connectivity index (χ1) is 19.2. The van der Waals surface area contributed by atoms with Crippen molar-refractivity contribution >= 4 is 17.9 Å². The van der Waals surface area contributed by atoms with Crippen molar-refractivity contribution in [2.24, 2.45) is 11.8 Å². The third kappa shape index (κ3) is 5.43. The van der Waals surface area contributed by atoms with Gasteiger partial charge in [0, 0.05) is 18.4 Å². The molecule has 40 heavy (non-hydrogen) atoms. The van der Waals surface area contributed by atoms with Crippen molar-refractivity contribution in [1.82, 2.24) is 0 Å². The van der Waals surface area contributed by atoms with Crippen molar-refractivity contribution in [3.8, 4) is 0 Å². The average molecular weight is 567 g/mol.